The van der Waals surface area contributed by atoms with Crippen LogP contribution in [0.1, 0.15) is 18.9 Å². The molecular weight excluding hydrogens is 349 g/mol. The molecule has 0 unspecified atom stereocenters. The number of hydrogen-bond donors (Lipinski definition) is 1. The van der Waals surface area contributed by atoms with Crippen LogP contribution in [0.4, 0.5) is 4.39 Å². The lowest BCUT2D eigenvalue weighted by atomic mass is 10.2. The molecular formula is C14H17ClFNO3S2. The summed E-state index contributed by atoms with van der Waals surface area (Å²) in [4.78, 5) is 12.1. The van der Waals surface area contributed by atoms with Gasteiger partial charge in [-0.05, 0) is 31.0 Å². The van der Waals surface area contributed by atoms with Crippen LogP contribution >= 0.6 is 23.4 Å². The molecule has 2 atom stereocenters. The molecule has 1 N–H and O–H groups in total. The van der Waals surface area contributed by atoms with Gasteiger partial charge in [-0.25, -0.2) is 12.8 Å². The summed E-state index contributed by atoms with van der Waals surface area (Å²) in [5, 5.41) is 2.75. The van der Waals surface area contributed by atoms with E-state index in [0.29, 0.717) is 17.2 Å². The molecule has 0 saturated carbocycles. The van der Waals surface area contributed by atoms with Crippen LogP contribution in [0.2, 0.25) is 5.02 Å². The van der Waals surface area contributed by atoms with Crippen LogP contribution in [0.15, 0.2) is 18.2 Å². The van der Waals surface area contributed by atoms with Crippen molar-refractivity contribution < 1.29 is 17.6 Å². The van der Waals surface area contributed by atoms with Crippen LogP contribution in [-0.2, 0) is 20.4 Å². The Labute approximate surface area is 138 Å². The van der Waals surface area contributed by atoms with Crippen LogP contribution in [0.3, 0.4) is 0 Å². The van der Waals surface area contributed by atoms with Gasteiger partial charge < -0.3 is 5.32 Å². The minimum Gasteiger partial charge on any atom is -0.351 e. The Morgan fingerprint density at radius 3 is 2.86 bits per heavy atom. The molecule has 1 fully saturated rings. The highest BCUT2D eigenvalue weighted by Gasteiger charge is 2.30. The number of carbonyl (C=O) groups excluding carboxylic acids is 1. The van der Waals surface area contributed by atoms with E-state index in [-0.39, 0.29) is 28.7 Å². The van der Waals surface area contributed by atoms with Gasteiger partial charge >= 0.3 is 0 Å². The molecule has 22 heavy (non-hydrogen) atoms. The molecule has 0 spiro atoms. The van der Waals surface area contributed by atoms with Crippen molar-refractivity contribution in [2.75, 3.05) is 11.5 Å². The average molecular weight is 366 g/mol. The van der Waals surface area contributed by atoms with Crippen molar-refractivity contribution in [2.24, 2.45) is 0 Å². The summed E-state index contributed by atoms with van der Waals surface area (Å²) in [5.74, 6) is 0.0404. The predicted octanol–water partition coefficient (Wildman–Crippen LogP) is 2.40. The minimum atomic E-state index is -3.01. The maximum Gasteiger partial charge on any atom is 0.233 e. The molecule has 0 aliphatic carbocycles. The van der Waals surface area contributed by atoms with Crippen molar-refractivity contribution in [3.8, 4) is 0 Å². The van der Waals surface area contributed by atoms with E-state index in [4.69, 9.17) is 11.6 Å². The maximum absolute atomic E-state index is 13.0. The molecule has 2 rings (SSSR count). The lowest BCUT2D eigenvalue weighted by molar-refractivity contribution is -0.120. The van der Waals surface area contributed by atoms with Crippen molar-refractivity contribution >= 4 is 39.1 Å². The number of benzene rings is 1. The largest absolute Gasteiger partial charge is 0.351 e. The fourth-order valence-electron chi connectivity index (χ4n) is 2.16. The SMILES string of the molecule is C[C@H](SCc1ccc(F)cc1Cl)C(=O)N[C@H]1CCS(=O)(=O)C1. The molecule has 1 amide bonds. The molecule has 1 heterocycles. The second-order valence-corrected chi connectivity index (χ2v) is 9.26. The topological polar surface area (TPSA) is 63.2 Å². The van der Waals surface area contributed by atoms with E-state index in [1.54, 1.807) is 13.0 Å². The Morgan fingerprint density at radius 2 is 2.27 bits per heavy atom. The van der Waals surface area contributed by atoms with Crippen LogP contribution in [-0.4, -0.2) is 37.1 Å². The molecule has 4 nitrogen and oxygen atoms in total. The minimum absolute atomic E-state index is 0.0138. The van der Waals surface area contributed by atoms with E-state index in [1.807, 2.05) is 0 Å². The molecule has 1 aromatic rings. The van der Waals surface area contributed by atoms with E-state index in [1.165, 1.54) is 23.9 Å². The van der Waals surface area contributed by atoms with Crippen molar-refractivity contribution in [1.82, 2.24) is 5.32 Å². The summed E-state index contributed by atoms with van der Waals surface area (Å²) in [5.41, 5.74) is 0.760. The zero-order valence-corrected chi connectivity index (χ0v) is 14.4. The predicted molar refractivity (Wildman–Crippen MR) is 87.4 cm³/mol. The smallest absolute Gasteiger partial charge is 0.233 e. The fraction of sp³-hybridized carbons (Fsp3) is 0.500. The zero-order valence-electron chi connectivity index (χ0n) is 12.0. The third kappa shape index (κ3) is 4.86. The van der Waals surface area contributed by atoms with Crippen molar-refractivity contribution in [3.63, 3.8) is 0 Å². The van der Waals surface area contributed by atoms with Crippen molar-refractivity contribution in [1.29, 1.82) is 0 Å². The molecule has 1 aliphatic rings. The number of amides is 1. The summed E-state index contributed by atoms with van der Waals surface area (Å²) in [6, 6.07) is 3.87. The molecule has 122 valence electrons. The van der Waals surface area contributed by atoms with E-state index in [0.717, 1.165) is 5.56 Å². The van der Waals surface area contributed by atoms with Crippen LogP contribution in [0.25, 0.3) is 0 Å². The Kier molecular flexibility index (Phi) is 5.74. The van der Waals surface area contributed by atoms with Gasteiger partial charge in [-0.3, -0.25) is 4.79 Å². The first-order valence-corrected chi connectivity index (χ1v) is 10.1. The monoisotopic (exact) mass is 365 g/mol. The summed E-state index contributed by atoms with van der Waals surface area (Å²) in [7, 11) is -3.01. The fourth-order valence-corrected chi connectivity index (χ4v) is 5.04. The molecule has 1 aliphatic heterocycles. The van der Waals surface area contributed by atoms with Gasteiger partial charge in [0.25, 0.3) is 0 Å². The third-order valence-corrected chi connectivity index (χ3v) is 6.76. The Morgan fingerprint density at radius 1 is 1.55 bits per heavy atom. The number of nitrogens with one attached hydrogen (secondary N) is 1. The van der Waals surface area contributed by atoms with Gasteiger partial charge in [-0.1, -0.05) is 17.7 Å². The molecule has 1 aromatic carbocycles. The summed E-state index contributed by atoms with van der Waals surface area (Å²) < 4.78 is 35.7. The van der Waals surface area contributed by atoms with Crippen LogP contribution < -0.4 is 5.32 Å². The molecule has 0 bridgehead atoms. The van der Waals surface area contributed by atoms with Crippen molar-refractivity contribution in [2.45, 2.75) is 30.4 Å². The molecule has 1 saturated heterocycles. The van der Waals surface area contributed by atoms with E-state index >= 15 is 0 Å². The summed E-state index contributed by atoms with van der Waals surface area (Å²) in [6.45, 7) is 1.75. The first-order chi connectivity index (χ1) is 10.3. The summed E-state index contributed by atoms with van der Waals surface area (Å²) in [6.07, 6.45) is 0.468. The van der Waals surface area contributed by atoms with E-state index in [9.17, 15) is 17.6 Å². The first-order valence-electron chi connectivity index (χ1n) is 6.83. The lowest BCUT2D eigenvalue weighted by Crippen LogP contribution is -2.40. The third-order valence-electron chi connectivity index (χ3n) is 3.45. The van der Waals surface area contributed by atoms with Crippen molar-refractivity contribution in [3.05, 3.63) is 34.6 Å². The zero-order chi connectivity index (χ0) is 16.3. The Balaban J connectivity index is 1.84. The van der Waals surface area contributed by atoms with Gasteiger partial charge in [0.15, 0.2) is 9.84 Å². The highest BCUT2D eigenvalue weighted by Crippen LogP contribution is 2.25. The van der Waals surface area contributed by atoms with Gasteiger partial charge in [0, 0.05) is 16.8 Å². The van der Waals surface area contributed by atoms with Gasteiger partial charge in [0.1, 0.15) is 5.82 Å². The summed E-state index contributed by atoms with van der Waals surface area (Å²) >= 11 is 7.31. The Hall–Kier alpha value is -0.790. The van der Waals surface area contributed by atoms with Gasteiger partial charge in [-0.2, -0.15) is 0 Å². The number of halogens is 2. The molecule has 8 heteroatoms. The average Bonchev–Trinajstić information content (AvgIpc) is 2.76. The van der Waals surface area contributed by atoms with Crippen LogP contribution in [0.5, 0.6) is 0 Å². The molecule has 0 aromatic heterocycles. The number of hydrogen-bond acceptors (Lipinski definition) is 4. The number of thioether (sulfide) groups is 1. The standard InChI is InChI=1S/C14H17ClFNO3S2/c1-9(14(18)17-12-4-5-22(19,20)8-12)21-7-10-2-3-11(16)6-13(10)15/h2-3,6,9,12H,4-5,7-8H2,1H3,(H,17,18)/t9-,12-/m0/s1. The highest BCUT2D eigenvalue weighted by molar-refractivity contribution is 7.99. The first kappa shape index (κ1) is 17.6. The van der Waals surface area contributed by atoms with E-state index < -0.39 is 15.7 Å². The Bertz CT molecular complexity index is 666. The number of rotatable bonds is 5. The second-order valence-electron chi connectivity index (χ2n) is 5.30. The second kappa shape index (κ2) is 7.19. The van der Waals surface area contributed by atoms with Gasteiger partial charge in [-0.15, -0.1) is 11.8 Å². The molecule has 0 radical (unpaired) electrons. The number of carbonyl (C=O) groups is 1. The quantitative estimate of drug-likeness (QED) is 0.870. The van der Waals surface area contributed by atoms with Gasteiger partial charge in [0.05, 0.1) is 16.8 Å². The maximum atomic E-state index is 13.0. The van der Waals surface area contributed by atoms with E-state index in [2.05, 4.69) is 5.32 Å². The normalized spacial score (nSPS) is 21.5. The van der Waals surface area contributed by atoms with Gasteiger partial charge in [0.2, 0.25) is 5.91 Å². The van der Waals surface area contributed by atoms with Crippen LogP contribution in [0, 0.1) is 5.82 Å². The number of sulfone groups is 1. The lowest BCUT2D eigenvalue weighted by Gasteiger charge is -2.16. The highest BCUT2D eigenvalue weighted by atomic mass is 35.5.